The zero-order valence-electron chi connectivity index (χ0n) is 12.9. The Hall–Kier alpha value is -1.22. The number of para-hydroxylation sites is 1. The summed E-state index contributed by atoms with van der Waals surface area (Å²) in [5, 5.41) is 3.70. The number of hydrogen-bond donors (Lipinski definition) is 1. The first-order valence-corrected chi connectivity index (χ1v) is 7.78. The SMILES string of the molecule is CCOc1cccc(CNC2CCCCC2C)c1OC. The van der Waals surface area contributed by atoms with Gasteiger partial charge in [-0.3, -0.25) is 0 Å². The van der Waals surface area contributed by atoms with Gasteiger partial charge >= 0.3 is 0 Å². The van der Waals surface area contributed by atoms with Crippen LogP contribution in [0.1, 0.15) is 45.1 Å². The number of hydrogen-bond acceptors (Lipinski definition) is 3. The molecule has 0 aliphatic heterocycles. The third-order valence-electron chi connectivity index (χ3n) is 4.23. The first-order chi connectivity index (χ1) is 9.76. The van der Waals surface area contributed by atoms with Crippen molar-refractivity contribution >= 4 is 0 Å². The molecule has 1 N–H and O–H groups in total. The molecule has 1 aromatic rings. The van der Waals surface area contributed by atoms with Gasteiger partial charge in [-0.2, -0.15) is 0 Å². The summed E-state index contributed by atoms with van der Waals surface area (Å²) in [4.78, 5) is 0. The monoisotopic (exact) mass is 277 g/mol. The minimum Gasteiger partial charge on any atom is -0.493 e. The summed E-state index contributed by atoms with van der Waals surface area (Å²) in [6.07, 6.45) is 5.35. The highest BCUT2D eigenvalue weighted by molar-refractivity contribution is 5.46. The standard InChI is InChI=1S/C17H27NO2/c1-4-20-16-11-7-9-14(17(16)19-3)12-18-15-10-6-5-8-13(15)2/h7,9,11,13,15,18H,4-6,8,10,12H2,1-3H3. The van der Waals surface area contributed by atoms with Gasteiger partial charge in [-0.1, -0.05) is 31.9 Å². The average molecular weight is 277 g/mol. The van der Waals surface area contributed by atoms with Crippen molar-refractivity contribution in [3.8, 4) is 11.5 Å². The highest BCUT2D eigenvalue weighted by Gasteiger charge is 2.21. The molecule has 112 valence electrons. The molecular formula is C17H27NO2. The van der Waals surface area contributed by atoms with Crippen molar-refractivity contribution in [3.05, 3.63) is 23.8 Å². The lowest BCUT2D eigenvalue weighted by atomic mass is 9.86. The van der Waals surface area contributed by atoms with Crippen LogP contribution < -0.4 is 14.8 Å². The van der Waals surface area contributed by atoms with Gasteiger partial charge in [0.2, 0.25) is 0 Å². The molecule has 0 radical (unpaired) electrons. The maximum Gasteiger partial charge on any atom is 0.165 e. The molecule has 0 spiro atoms. The van der Waals surface area contributed by atoms with Crippen molar-refractivity contribution < 1.29 is 9.47 Å². The molecule has 3 heteroatoms. The van der Waals surface area contributed by atoms with Gasteiger partial charge in [0.15, 0.2) is 11.5 Å². The van der Waals surface area contributed by atoms with Crippen LogP contribution in [0.4, 0.5) is 0 Å². The molecule has 2 atom stereocenters. The van der Waals surface area contributed by atoms with Crippen molar-refractivity contribution in [3.63, 3.8) is 0 Å². The van der Waals surface area contributed by atoms with E-state index >= 15 is 0 Å². The van der Waals surface area contributed by atoms with Crippen molar-refractivity contribution in [1.82, 2.24) is 5.32 Å². The minimum absolute atomic E-state index is 0.629. The van der Waals surface area contributed by atoms with Crippen molar-refractivity contribution in [2.24, 2.45) is 5.92 Å². The molecule has 0 aromatic heterocycles. The Bertz CT molecular complexity index is 419. The maximum atomic E-state index is 5.63. The summed E-state index contributed by atoms with van der Waals surface area (Å²) in [5.74, 6) is 2.47. The van der Waals surface area contributed by atoms with Crippen LogP contribution in [-0.2, 0) is 6.54 Å². The Morgan fingerprint density at radius 1 is 1.25 bits per heavy atom. The molecule has 1 aromatic carbocycles. The lowest BCUT2D eigenvalue weighted by molar-refractivity contribution is 0.276. The van der Waals surface area contributed by atoms with E-state index in [1.165, 1.54) is 31.2 Å². The Morgan fingerprint density at radius 3 is 2.75 bits per heavy atom. The summed E-state index contributed by atoms with van der Waals surface area (Å²) in [6, 6.07) is 6.75. The normalized spacial score (nSPS) is 22.6. The van der Waals surface area contributed by atoms with E-state index in [-0.39, 0.29) is 0 Å². The van der Waals surface area contributed by atoms with Gasteiger partial charge in [-0.25, -0.2) is 0 Å². The maximum absolute atomic E-state index is 5.63. The van der Waals surface area contributed by atoms with E-state index in [1.54, 1.807) is 7.11 Å². The van der Waals surface area contributed by atoms with Gasteiger partial charge in [-0.15, -0.1) is 0 Å². The molecule has 0 amide bonds. The fraction of sp³-hybridized carbons (Fsp3) is 0.647. The molecule has 0 saturated heterocycles. The van der Waals surface area contributed by atoms with Crippen LogP contribution in [0.15, 0.2) is 18.2 Å². The van der Waals surface area contributed by atoms with Crippen LogP contribution in [0.25, 0.3) is 0 Å². The number of nitrogens with one attached hydrogen (secondary N) is 1. The van der Waals surface area contributed by atoms with Crippen molar-refractivity contribution in [2.75, 3.05) is 13.7 Å². The van der Waals surface area contributed by atoms with Crippen molar-refractivity contribution in [2.45, 2.75) is 52.1 Å². The fourth-order valence-electron chi connectivity index (χ4n) is 3.06. The van der Waals surface area contributed by atoms with Gasteiger partial charge in [0.1, 0.15) is 0 Å². The molecule has 1 fully saturated rings. The van der Waals surface area contributed by atoms with Gasteiger partial charge in [0.05, 0.1) is 13.7 Å². The summed E-state index contributed by atoms with van der Waals surface area (Å²) in [6.45, 7) is 5.85. The molecular weight excluding hydrogens is 250 g/mol. The third-order valence-corrected chi connectivity index (χ3v) is 4.23. The lowest BCUT2D eigenvalue weighted by Crippen LogP contribution is -2.36. The van der Waals surface area contributed by atoms with E-state index in [0.717, 1.165) is 24.0 Å². The topological polar surface area (TPSA) is 30.5 Å². The first kappa shape index (κ1) is 15.2. The van der Waals surface area contributed by atoms with Crippen molar-refractivity contribution in [1.29, 1.82) is 0 Å². The van der Waals surface area contributed by atoms with Gasteiger partial charge in [-0.05, 0) is 31.7 Å². The summed E-state index contributed by atoms with van der Waals surface area (Å²) >= 11 is 0. The fourth-order valence-corrected chi connectivity index (χ4v) is 3.06. The van der Waals surface area contributed by atoms with Crippen LogP contribution in [0.3, 0.4) is 0 Å². The first-order valence-electron chi connectivity index (χ1n) is 7.78. The van der Waals surface area contributed by atoms with E-state index in [2.05, 4.69) is 18.3 Å². The summed E-state index contributed by atoms with van der Waals surface area (Å²) in [5.41, 5.74) is 1.18. The molecule has 0 bridgehead atoms. The minimum atomic E-state index is 0.629. The molecule has 1 aliphatic carbocycles. The Kier molecular flexibility index (Phi) is 5.72. The molecule has 1 aliphatic rings. The zero-order chi connectivity index (χ0) is 14.4. The second kappa shape index (κ2) is 7.53. The Morgan fingerprint density at radius 2 is 2.05 bits per heavy atom. The predicted molar refractivity (Wildman–Crippen MR) is 82.4 cm³/mol. The van der Waals surface area contributed by atoms with Crippen LogP contribution in [0.2, 0.25) is 0 Å². The number of ether oxygens (including phenoxy) is 2. The summed E-state index contributed by atoms with van der Waals surface area (Å²) < 4.78 is 11.2. The van der Waals surface area contributed by atoms with E-state index in [1.807, 2.05) is 19.1 Å². The third kappa shape index (κ3) is 3.66. The van der Waals surface area contributed by atoms with E-state index in [0.29, 0.717) is 12.6 Å². The van der Waals surface area contributed by atoms with E-state index < -0.39 is 0 Å². The zero-order valence-corrected chi connectivity index (χ0v) is 12.9. The second-order valence-electron chi connectivity index (χ2n) is 5.63. The number of methoxy groups -OCH3 is 1. The molecule has 3 nitrogen and oxygen atoms in total. The van der Waals surface area contributed by atoms with E-state index in [9.17, 15) is 0 Å². The Balaban J connectivity index is 2.03. The molecule has 2 unspecified atom stereocenters. The summed E-state index contributed by atoms with van der Waals surface area (Å²) in [7, 11) is 1.71. The van der Waals surface area contributed by atoms with Crippen LogP contribution in [0.5, 0.6) is 11.5 Å². The van der Waals surface area contributed by atoms with Crippen LogP contribution >= 0.6 is 0 Å². The number of benzene rings is 1. The van der Waals surface area contributed by atoms with Gasteiger partial charge in [0.25, 0.3) is 0 Å². The van der Waals surface area contributed by atoms with Crippen LogP contribution in [-0.4, -0.2) is 19.8 Å². The number of rotatable bonds is 6. The average Bonchev–Trinajstić information content (AvgIpc) is 2.47. The molecule has 20 heavy (non-hydrogen) atoms. The van der Waals surface area contributed by atoms with Gasteiger partial charge < -0.3 is 14.8 Å². The van der Waals surface area contributed by atoms with Gasteiger partial charge in [0, 0.05) is 18.2 Å². The molecule has 1 saturated carbocycles. The quantitative estimate of drug-likeness (QED) is 0.858. The largest absolute Gasteiger partial charge is 0.493 e. The van der Waals surface area contributed by atoms with E-state index in [4.69, 9.17) is 9.47 Å². The Labute approximate surface area is 122 Å². The lowest BCUT2D eigenvalue weighted by Gasteiger charge is -2.30. The predicted octanol–water partition coefficient (Wildman–Crippen LogP) is 3.76. The molecule has 0 heterocycles. The smallest absolute Gasteiger partial charge is 0.165 e. The molecule has 2 rings (SSSR count). The second-order valence-corrected chi connectivity index (χ2v) is 5.63. The highest BCUT2D eigenvalue weighted by Crippen LogP contribution is 2.31. The highest BCUT2D eigenvalue weighted by atomic mass is 16.5. The van der Waals surface area contributed by atoms with Crippen LogP contribution in [0, 0.1) is 5.92 Å².